The predicted molar refractivity (Wildman–Crippen MR) is 141 cm³/mol. The Balaban J connectivity index is 1.17. The van der Waals surface area contributed by atoms with Crippen LogP contribution >= 0.6 is 0 Å². The quantitative estimate of drug-likeness (QED) is 0.296. The van der Waals surface area contributed by atoms with Crippen molar-refractivity contribution in [3.8, 4) is 0 Å². The maximum Gasteiger partial charge on any atom is 0.331 e. The maximum absolute atomic E-state index is 12.5. The van der Waals surface area contributed by atoms with Gasteiger partial charge in [-0.2, -0.15) is 0 Å². The number of rotatable bonds is 9. The number of carbonyl (C=O) groups is 3. The highest BCUT2D eigenvalue weighted by Crippen LogP contribution is 2.70. The number of carboxylic acids is 1. The van der Waals surface area contributed by atoms with Gasteiger partial charge in [-0.05, 0) is 105 Å². The lowest BCUT2D eigenvalue weighted by atomic mass is 9.43. The van der Waals surface area contributed by atoms with E-state index < -0.39 is 11.6 Å². The van der Waals surface area contributed by atoms with Crippen LogP contribution < -0.4 is 0 Å². The number of carboxylic acid groups (broad SMARTS) is 1. The van der Waals surface area contributed by atoms with Crippen LogP contribution in [0.15, 0.2) is 11.6 Å². The van der Waals surface area contributed by atoms with Crippen LogP contribution in [0.1, 0.15) is 110 Å². The second-order valence-corrected chi connectivity index (χ2v) is 13.5. The maximum atomic E-state index is 12.5. The molecule has 2 N–H and O–H groups in total. The van der Waals surface area contributed by atoms with Gasteiger partial charge in [0.15, 0.2) is 0 Å². The Hall–Kier alpha value is -1.89. The van der Waals surface area contributed by atoms with Crippen LogP contribution in [-0.4, -0.2) is 46.4 Å². The fourth-order valence-corrected chi connectivity index (χ4v) is 9.62. The van der Waals surface area contributed by atoms with Crippen LogP contribution in [0.3, 0.4) is 0 Å². The first-order valence-corrected chi connectivity index (χ1v) is 15.1. The van der Waals surface area contributed by atoms with Crippen molar-refractivity contribution in [2.45, 2.75) is 122 Å². The van der Waals surface area contributed by atoms with Crippen molar-refractivity contribution >= 4 is 17.9 Å². The highest BCUT2D eigenvalue weighted by Gasteiger charge is 2.67. The molecule has 0 unspecified atom stereocenters. The Bertz CT molecular complexity index is 973. The van der Waals surface area contributed by atoms with E-state index in [-0.39, 0.29) is 47.1 Å². The number of esters is 2. The van der Waals surface area contributed by atoms with Crippen LogP contribution in [0.4, 0.5) is 0 Å². The Morgan fingerprint density at radius 3 is 2.45 bits per heavy atom. The monoisotopic (exact) mass is 530 g/mol. The van der Waals surface area contributed by atoms with Gasteiger partial charge in [-0.1, -0.05) is 26.7 Å². The van der Waals surface area contributed by atoms with Crippen LogP contribution in [0, 0.1) is 34.5 Å². The molecule has 0 aromatic heterocycles. The van der Waals surface area contributed by atoms with E-state index in [0.717, 1.165) is 82.6 Å². The van der Waals surface area contributed by atoms with Crippen LogP contribution in [0.2, 0.25) is 0 Å². The molecule has 4 fully saturated rings. The topological polar surface area (TPSA) is 110 Å². The molecule has 0 aromatic carbocycles. The average Bonchev–Trinajstić information content (AvgIpc) is 3.41. The van der Waals surface area contributed by atoms with Crippen molar-refractivity contribution in [3.63, 3.8) is 0 Å². The minimum absolute atomic E-state index is 0.0104. The number of aliphatic hydroxyl groups is 1. The number of hydrogen-bond acceptors (Lipinski definition) is 6. The third-order valence-corrected chi connectivity index (χ3v) is 11.8. The molecule has 0 spiro atoms. The molecule has 0 saturated heterocycles. The van der Waals surface area contributed by atoms with E-state index in [1.54, 1.807) is 6.08 Å². The van der Waals surface area contributed by atoms with E-state index in [4.69, 9.17) is 14.6 Å². The summed E-state index contributed by atoms with van der Waals surface area (Å²) in [4.78, 5) is 34.9. The molecule has 0 amide bonds. The first-order valence-electron chi connectivity index (χ1n) is 15.1. The molecule has 38 heavy (non-hydrogen) atoms. The number of fused-ring (bicyclic) bond motifs is 5. The molecule has 0 radical (unpaired) electrons. The van der Waals surface area contributed by atoms with Crippen molar-refractivity contribution < 1.29 is 34.1 Å². The second kappa shape index (κ2) is 10.6. The minimum atomic E-state index is -0.763. The van der Waals surface area contributed by atoms with Gasteiger partial charge in [0.2, 0.25) is 0 Å². The summed E-state index contributed by atoms with van der Waals surface area (Å²) in [6.45, 7) is 5.09. The van der Waals surface area contributed by atoms with Crippen molar-refractivity contribution in [3.05, 3.63) is 11.6 Å². The Morgan fingerprint density at radius 1 is 0.974 bits per heavy atom. The summed E-state index contributed by atoms with van der Waals surface area (Å²) < 4.78 is 11.2. The number of unbranched alkanes of at least 4 members (excludes halogenated alkanes) is 3. The van der Waals surface area contributed by atoms with Crippen molar-refractivity contribution in [1.82, 2.24) is 0 Å². The van der Waals surface area contributed by atoms with Gasteiger partial charge in [-0.3, -0.25) is 9.59 Å². The average molecular weight is 531 g/mol. The molecule has 0 aromatic rings. The zero-order chi connectivity index (χ0) is 27.1. The standard InChI is InChI=1S/C31H46O7/c1-29-14-11-22(38-27(34)8-6-4-3-5-7-26(32)33)18-21(29)9-10-25-24(29)12-15-30(2)23(13-16-31(25,30)36)20-17-28(35)37-19-20/h17,21-25,36H,3-16,18-19H2,1-2H3,(H,32,33)/t21-,22+,23-,24+,25-,29+,30-,31+/m1/s1. The van der Waals surface area contributed by atoms with E-state index in [1.165, 1.54) is 0 Å². The van der Waals surface area contributed by atoms with Gasteiger partial charge < -0.3 is 19.7 Å². The van der Waals surface area contributed by atoms with Crippen LogP contribution in [0.25, 0.3) is 0 Å². The number of aliphatic carboxylic acids is 1. The lowest BCUT2D eigenvalue weighted by Gasteiger charge is -2.63. The molecule has 4 aliphatic carbocycles. The Morgan fingerprint density at radius 2 is 1.74 bits per heavy atom. The van der Waals surface area contributed by atoms with E-state index in [9.17, 15) is 19.5 Å². The Kier molecular flexibility index (Phi) is 7.71. The molecule has 7 nitrogen and oxygen atoms in total. The SMILES string of the molecule is C[C@]12CC[C@H](OC(=O)CCCCCCC(=O)O)C[C@H]1CC[C@@H]1[C@@H]2CC[C@]2(C)[C@@H](C3=CC(=O)OC3)CC[C@]12O. The van der Waals surface area contributed by atoms with E-state index in [2.05, 4.69) is 13.8 Å². The minimum Gasteiger partial charge on any atom is -0.481 e. The van der Waals surface area contributed by atoms with Crippen molar-refractivity contribution in [2.75, 3.05) is 6.61 Å². The molecule has 1 heterocycles. The molecule has 0 bridgehead atoms. The lowest BCUT2D eigenvalue weighted by molar-refractivity contribution is -0.210. The zero-order valence-corrected chi connectivity index (χ0v) is 23.2. The summed E-state index contributed by atoms with van der Waals surface area (Å²) in [5, 5.41) is 21.1. The number of hydrogen-bond donors (Lipinski definition) is 2. The molecular weight excluding hydrogens is 484 g/mol. The van der Waals surface area contributed by atoms with Crippen molar-refractivity contribution in [2.24, 2.45) is 34.5 Å². The van der Waals surface area contributed by atoms with Crippen molar-refractivity contribution in [1.29, 1.82) is 0 Å². The van der Waals surface area contributed by atoms with Gasteiger partial charge >= 0.3 is 17.9 Å². The highest BCUT2D eigenvalue weighted by atomic mass is 16.5. The Labute approximate surface area is 226 Å². The summed E-state index contributed by atoms with van der Waals surface area (Å²) in [6, 6.07) is 0. The molecule has 212 valence electrons. The fraction of sp³-hybridized carbons (Fsp3) is 0.839. The summed E-state index contributed by atoms with van der Waals surface area (Å²) in [5.74, 6) is 0.379. The molecular formula is C31H46O7. The summed E-state index contributed by atoms with van der Waals surface area (Å²) in [7, 11) is 0. The fourth-order valence-electron chi connectivity index (χ4n) is 9.62. The van der Waals surface area contributed by atoms with Crippen LogP contribution in [0.5, 0.6) is 0 Å². The van der Waals surface area contributed by atoms with E-state index in [1.807, 2.05) is 0 Å². The first-order chi connectivity index (χ1) is 18.1. The van der Waals surface area contributed by atoms with Gasteiger partial charge in [-0.25, -0.2) is 4.79 Å². The predicted octanol–water partition coefficient (Wildman–Crippen LogP) is 5.58. The molecule has 1 aliphatic heterocycles. The number of cyclic esters (lactones) is 1. The van der Waals surface area contributed by atoms with E-state index >= 15 is 0 Å². The molecule has 7 heteroatoms. The van der Waals surface area contributed by atoms with Gasteiger partial charge in [0.25, 0.3) is 0 Å². The smallest absolute Gasteiger partial charge is 0.331 e. The third-order valence-electron chi connectivity index (χ3n) is 11.8. The van der Waals surface area contributed by atoms with Gasteiger partial charge in [0.1, 0.15) is 12.7 Å². The number of carbonyl (C=O) groups excluding carboxylic acids is 2. The highest BCUT2D eigenvalue weighted by molar-refractivity contribution is 5.85. The van der Waals surface area contributed by atoms with Gasteiger partial charge in [0.05, 0.1) is 5.60 Å². The van der Waals surface area contributed by atoms with Gasteiger partial charge in [0, 0.05) is 24.3 Å². The second-order valence-electron chi connectivity index (χ2n) is 13.5. The lowest BCUT2D eigenvalue weighted by Crippen LogP contribution is -2.62. The molecule has 5 rings (SSSR count). The first kappa shape index (κ1) is 27.7. The molecule has 8 atom stereocenters. The summed E-state index contributed by atoms with van der Waals surface area (Å²) in [6.07, 6.45) is 14.2. The summed E-state index contributed by atoms with van der Waals surface area (Å²) >= 11 is 0. The third kappa shape index (κ3) is 4.82. The summed E-state index contributed by atoms with van der Waals surface area (Å²) in [5.41, 5.74) is 0.331. The molecule has 5 aliphatic rings. The van der Waals surface area contributed by atoms with Crippen LogP contribution in [-0.2, 0) is 23.9 Å². The number of ether oxygens (including phenoxy) is 2. The normalized spacial score (nSPS) is 41.9. The van der Waals surface area contributed by atoms with Gasteiger partial charge in [-0.15, -0.1) is 0 Å². The largest absolute Gasteiger partial charge is 0.481 e. The molecule has 4 saturated carbocycles. The van der Waals surface area contributed by atoms with E-state index in [0.29, 0.717) is 31.3 Å². The zero-order valence-electron chi connectivity index (χ0n) is 23.2.